The van der Waals surface area contributed by atoms with E-state index >= 15 is 0 Å². The number of nitro groups is 1. The van der Waals surface area contributed by atoms with Crippen LogP contribution in [-0.4, -0.2) is 99.3 Å². The molecular formula is C24H29N9O4. The first kappa shape index (κ1) is 24.4. The van der Waals surface area contributed by atoms with E-state index in [1.54, 1.807) is 24.5 Å². The second-order valence-corrected chi connectivity index (χ2v) is 8.87. The van der Waals surface area contributed by atoms with Crippen LogP contribution in [0.15, 0.2) is 43.2 Å². The Morgan fingerprint density at radius 2 is 1.78 bits per heavy atom. The van der Waals surface area contributed by atoms with Crippen molar-refractivity contribution >= 4 is 34.6 Å². The maximum atomic E-state index is 12.9. The molecule has 1 N–H and O–H groups in total. The number of morpholine rings is 1. The summed E-state index contributed by atoms with van der Waals surface area (Å²) in [6, 6.07) is 6.49. The summed E-state index contributed by atoms with van der Waals surface area (Å²) < 4.78 is 7.26. The summed E-state index contributed by atoms with van der Waals surface area (Å²) in [6.07, 6.45) is 3.44. The molecule has 13 heteroatoms. The first-order valence-corrected chi connectivity index (χ1v) is 12.2. The van der Waals surface area contributed by atoms with Gasteiger partial charge in [0.1, 0.15) is 0 Å². The Morgan fingerprint density at radius 3 is 2.46 bits per heavy atom. The number of hydrogen-bond donors (Lipinski definition) is 1. The van der Waals surface area contributed by atoms with Gasteiger partial charge in [0.2, 0.25) is 5.95 Å². The standard InChI is InChI=1S/C24H29N9O4/c1-2-7-25-21-20-22(32(17-26-20)16-18-3-5-19(6-4-18)33(35)36)28-23(27-21)29-8-10-30(11-9-29)24(34)31-12-14-37-15-13-31/h2-6,17H,1,7-16H2,(H,25,27,28). The van der Waals surface area contributed by atoms with Crippen LogP contribution < -0.4 is 10.2 Å². The Morgan fingerprint density at radius 1 is 1.08 bits per heavy atom. The third-order valence-electron chi connectivity index (χ3n) is 6.48. The zero-order chi connectivity index (χ0) is 25.8. The highest BCUT2D eigenvalue weighted by Gasteiger charge is 2.28. The highest BCUT2D eigenvalue weighted by atomic mass is 16.6. The van der Waals surface area contributed by atoms with E-state index in [4.69, 9.17) is 14.7 Å². The van der Waals surface area contributed by atoms with Crippen molar-refractivity contribution < 1.29 is 14.5 Å². The molecule has 2 aromatic heterocycles. The van der Waals surface area contributed by atoms with Crippen LogP contribution in [0.4, 0.5) is 22.2 Å². The molecule has 0 radical (unpaired) electrons. The van der Waals surface area contributed by atoms with E-state index in [0.717, 1.165) is 5.56 Å². The zero-order valence-corrected chi connectivity index (χ0v) is 20.5. The lowest BCUT2D eigenvalue weighted by Crippen LogP contribution is -2.55. The van der Waals surface area contributed by atoms with Gasteiger partial charge in [-0.15, -0.1) is 6.58 Å². The van der Waals surface area contributed by atoms with Gasteiger partial charge in [-0.2, -0.15) is 9.97 Å². The molecule has 0 spiro atoms. The number of hydrogen-bond acceptors (Lipinski definition) is 9. The minimum atomic E-state index is -0.415. The van der Waals surface area contributed by atoms with E-state index in [9.17, 15) is 14.9 Å². The van der Waals surface area contributed by atoms with Crippen molar-refractivity contribution in [2.24, 2.45) is 0 Å². The average molecular weight is 508 g/mol. The van der Waals surface area contributed by atoms with E-state index in [-0.39, 0.29) is 11.7 Å². The number of imidazole rings is 1. The third kappa shape index (κ3) is 5.31. The fraction of sp³-hybridized carbons (Fsp3) is 0.417. The Bertz CT molecular complexity index is 1280. The largest absolute Gasteiger partial charge is 0.378 e. The van der Waals surface area contributed by atoms with E-state index in [1.165, 1.54) is 12.1 Å². The highest BCUT2D eigenvalue weighted by Crippen LogP contribution is 2.25. The molecule has 13 nitrogen and oxygen atoms in total. The van der Waals surface area contributed by atoms with Crippen LogP contribution in [-0.2, 0) is 11.3 Å². The molecule has 0 unspecified atom stereocenters. The molecular weight excluding hydrogens is 478 g/mol. The molecule has 1 aromatic carbocycles. The maximum Gasteiger partial charge on any atom is 0.320 e. The number of ether oxygens (including phenoxy) is 1. The predicted octanol–water partition coefficient (Wildman–Crippen LogP) is 1.95. The summed E-state index contributed by atoms with van der Waals surface area (Å²) in [5.74, 6) is 1.16. The van der Waals surface area contributed by atoms with Gasteiger partial charge >= 0.3 is 6.03 Å². The molecule has 0 saturated carbocycles. The molecule has 2 amide bonds. The minimum absolute atomic E-state index is 0.0472. The molecule has 3 aromatic rings. The number of piperazine rings is 1. The smallest absolute Gasteiger partial charge is 0.320 e. The molecule has 194 valence electrons. The minimum Gasteiger partial charge on any atom is -0.378 e. The summed E-state index contributed by atoms with van der Waals surface area (Å²) in [5.41, 5.74) is 2.22. The van der Waals surface area contributed by atoms with Crippen molar-refractivity contribution in [1.29, 1.82) is 0 Å². The molecule has 5 rings (SSSR count). The highest BCUT2D eigenvalue weighted by molar-refractivity contribution is 5.84. The van der Waals surface area contributed by atoms with Crippen LogP contribution in [0, 0.1) is 10.1 Å². The number of nitrogens with one attached hydrogen (secondary N) is 1. The summed E-state index contributed by atoms with van der Waals surface area (Å²) in [4.78, 5) is 43.3. The van der Waals surface area contributed by atoms with Crippen molar-refractivity contribution in [3.8, 4) is 0 Å². The van der Waals surface area contributed by atoms with Gasteiger partial charge in [-0.3, -0.25) is 10.1 Å². The molecule has 2 fully saturated rings. The quantitative estimate of drug-likeness (QED) is 0.289. The lowest BCUT2D eigenvalue weighted by molar-refractivity contribution is -0.384. The summed E-state index contributed by atoms with van der Waals surface area (Å²) in [6.45, 7) is 9.51. The molecule has 2 aliphatic heterocycles. The van der Waals surface area contributed by atoms with Gasteiger partial charge in [-0.25, -0.2) is 9.78 Å². The number of benzene rings is 1. The van der Waals surface area contributed by atoms with E-state index in [1.807, 2.05) is 14.4 Å². The van der Waals surface area contributed by atoms with Crippen LogP contribution >= 0.6 is 0 Å². The topological polar surface area (TPSA) is 135 Å². The van der Waals surface area contributed by atoms with E-state index < -0.39 is 4.92 Å². The number of anilines is 2. The van der Waals surface area contributed by atoms with Crippen molar-refractivity contribution in [2.45, 2.75) is 6.54 Å². The lowest BCUT2D eigenvalue weighted by atomic mass is 10.2. The van der Waals surface area contributed by atoms with Gasteiger partial charge in [-0.05, 0) is 5.56 Å². The van der Waals surface area contributed by atoms with Crippen LogP contribution in [0.2, 0.25) is 0 Å². The molecule has 2 aliphatic rings. The maximum absolute atomic E-state index is 12.9. The van der Waals surface area contributed by atoms with Crippen LogP contribution in [0.1, 0.15) is 5.56 Å². The number of nitro benzene ring substituents is 1. The first-order chi connectivity index (χ1) is 18.0. The Balaban J connectivity index is 1.36. The van der Waals surface area contributed by atoms with Crippen molar-refractivity contribution in [3.63, 3.8) is 0 Å². The Labute approximate surface area is 213 Å². The molecule has 2 saturated heterocycles. The Kier molecular flexibility index (Phi) is 7.12. The van der Waals surface area contributed by atoms with Gasteiger partial charge in [-0.1, -0.05) is 18.2 Å². The third-order valence-corrected chi connectivity index (χ3v) is 6.48. The first-order valence-electron chi connectivity index (χ1n) is 12.2. The Hall–Kier alpha value is -4.26. The second kappa shape index (κ2) is 10.8. The van der Waals surface area contributed by atoms with Gasteiger partial charge in [0.25, 0.3) is 5.69 Å². The lowest BCUT2D eigenvalue weighted by Gasteiger charge is -2.38. The van der Waals surface area contributed by atoms with Gasteiger partial charge in [0.15, 0.2) is 17.0 Å². The molecule has 0 atom stereocenters. The van der Waals surface area contributed by atoms with Crippen LogP contribution in [0.5, 0.6) is 0 Å². The van der Waals surface area contributed by atoms with E-state index in [2.05, 4.69) is 21.8 Å². The van der Waals surface area contributed by atoms with Gasteiger partial charge < -0.3 is 29.3 Å². The number of non-ortho nitro benzene ring substituents is 1. The van der Waals surface area contributed by atoms with Crippen molar-refractivity contribution in [3.05, 3.63) is 58.9 Å². The summed E-state index contributed by atoms with van der Waals surface area (Å²) in [7, 11) is 0. The molecule has 0 aliphatic carbocycles. The molecule has 4 heterocycles. The fourth-order valence-electron chi connectivity index (χ4n) is 4.45. The van der Waals surface area contributed by atoms with Gasteiger partial charge in [0, 0.05) is 57.9 Å². The summed E-state index contributed by atoms with van der Waals surface area (Å²) in [5, 5.41) is 14.2. The number of urea groups is 1. The summed E-state index contributed by atoms with van der Waals surface area (Å²) >= 11 is 0. The normalized spacial score (nSPS) is 16.2. The molecule has 37 heavy (non-hydrogen) atoms. The number of aromatic nitrogens is 4. The van der Waals surface area contributed by atoms with Crippen LogP contribution in [0.3, 0.4) is 0 Å². The van der Waals surface area contributed by atoms with Gasteiger partial charge in [0.05, 0.1) is 31.0 Å². The van der Waals surface area contributed by atoms with Crippen molar-refractivity contribution in [1.82, 2.24) is 29.3 Å². The number of carbonyl (C=O) groups excluding carboxylic acids is 1. The van der Waals surface area contributed by atoms with Crippen LogP contribution in [0.25, 0.3) is 11.2 Å². The molecule has 0 bridgehead atoms. The number of nitrogens with zero attached hydrogens (tertiary/aromatic N) is 8. The number of rotatable bonds is 7. The predicted molar refractivity (Wildman–Crippen MR) is 138 cm³/mol. The van der Waals surface area contributed by atoms with E-state index in [0.29, 0.717) is 88.5 Å². The monoisotopic (exact) mass is 507 g/mol. The number of amides is 2. The number of carbonyl (C=O) groups is 1. The zero-order valence-electron chi connectivity index (χ0n) is 20.5. The SMILES string of the molecule is C=CCNc1nc(N2CCN(C(=O)N3CCOCC3)CC2)nc2c1ncn2Cc1ccc([N+](=O)[O-])cc1. The second-order valence-electron chi connectivity index (χ2n) is 8.87. The fourth-order valence-corrected chi connectivity index (χ4v) is 4.45. The van der Waals surface area contributed by atoms with Crippen molar-refractivity contribution in [2.75, 3.05) is 69.2 Å². The average Bonchev–Trinajstić information content (AvgIpc) is 3.34. The number of fused-ring (bicyclic) bond motifs is 1.